The minimum Gasteiger partial charge on any atom is -0.469 e. The molecule has 4 rings (SSSR count). The molecular formula is C18H19N5O2. The van der Waals surface area contributed by atoms with E-state index in [-0.39, 0.29) is 5.97 Å². The van der Waals surface area contributed by atoms with Gasteiger partial charge in [0.25, 0.3) is 0 Å². The number of rotatable bonds is 3. The summed E-state index contributed by atoms with van der Waals surface area (Å²) in [4.78, 5) is 14.1. The molecule has 128 valence electrons. The fourth-order valence-corrected chi connectivity index (χ4v) is 3.28. The van der Waals surface area contributed by atoms with Crippen LogP contribution in [0.2, 0.25) is 0 Å². The Morgan fingerprint density at radius 3 is 2.72 bits per heavy atom. The molecule has 1 aromatic carbocycles. The van der Waals surface area contributed by atoms with Crippen LogP contribution in [0.3, 0.4) is 0 Å². The smallest absolute Gasteiger partial charge is 0.313 e. The van der Waals surface area contributed by atoms with E-state index in [9.17, 15) is 4.79 Å². The minimum atomic E-state index is -0.499. The van der Waals surface area contributed by atoms with Crippen LogP contribution in [-0.4, -0.2) is 46.0 Å². The van der Waals surface area contributed by atoms with Crippen molar-refractivity contribution in [2.45, 2.75) is 13.3 Å². The second kappa shape index (κ2) is 5.84. The molecule has 1 atom stereocenters. The number of esters is 1. The van der Waals surface area contributed by atoms with Gasteiger partial charge in [-0.25, -0.2) is 0 Å². The number of hydrogen-bond acceptors (Lipinski definition) is 6. The van der Waals surface area contributed by atoms with Crippen LogP contribution in [0.4, 0.5) is 5.82 Å². The van der Waals surface area contributed by atoms with Gasteiger partial charge in [-0.3, -0.25) is 4.79 Å². The lowest BCUT2D eigenvalue weighted by Gasteiger charge is -2.22. The van der Waals surface area contributed by atoms with Crippen LogP contribution in [-0.2, 0) is 9.53 Å². The monoisotopic (exact) mass is 337 g/mol. The summed E-state index contributed by atoms with van der Waals surface area (Å²) in [6.07, 6.45) is 0.743. The Bertz CT molecular complexity index is 924. The molecule has 7 heteroatoms. The number of nitrogens with zero attached hydrogens (tertiary/aromatic N) is 5. The van der Waals surface area contributed by atoms with Gasteiger partial charge in [0, 0.05) is 18.7 Å². The van der Waals surface area contributed by atoms with Gasteiger partial charge in [0.15, 0.2) is 11.5 Å². The first-order chi connectivity index (χ1) is 12.1. The second-order valence-electron chi connectivity index (χ2n) is 6.57. The van der Waals surface area contributed by atoms with Crippen LogP contribution < -0.4 is 4.90 Å². The number of aromatic nitrogens is 4. The van der Waals surface area contributed by atoms with Gasteiger partial charge in [0.05, 0.1) is 12.5 Å². The predicted octanol–water partition coefficient (Wildman–Crippen LogP) is 2.18. The molecule has 3 aromatic rings. The first-order valence-electron chi connectivity index (χ1n) is 8.22. The van der Waals surface area contributed by atoms with Crippen molar-refractivity contribution < 1.29 is 9.53 Å². The summed E-state index contributed by atoms with van der Waals surface area (Å²) in [5, 5.41) is 13.2. The van der Waals surface area contributed by atoms with Crippen molar-refractivity contribution in [2.75, 3.05) is 25.1 Å². The quantitative estimate of drug-likeness (QED) is 0.682. The molecule has 0 spiro atoms. The Morgan fingerprint density at radius 2 is 1.96 bits per heavy atom. The number of methoxy groups -OCH3 is 1. The van der Waals surface area contributed by atoms with Crippen molar-refractivity contribution in [3.8, 4) is 11.4 Å². The number of fused-ring (bicyclic) bond motifs is 1. The maximum atomic E-state index is 12.0. The number of hydrogen-bond donors (Lipinski definition) is 0. The van der Waals surface area contributed by atoms with Gasteiger partial charge in [-0.1, -0.05) is 30.3 Å². The average molecular weight is 337 g/mol. The molecule has 1 aliphatic rings. The van der Waals surface area contributed by atoms with Crippen LogP contribution >= 0.6 is 0 Å². The first-order valence-corrected chi connectivity index (χ1v) is 8.22. The van der Waals surface area contributed by atoms with Gasteiger partial charge in [0.2, 0.25) is 0 Å². The van der Waals surface area contributed by atoms with Crippen molar-refractivity contribution >= 4 is 17.4 Å². The third-order valence-corrected chi connectivity index (χ3v) is 4.76. The summed E-state index contributed by atoms with van der Waals surface area (Å²) >= 11 is 0. The SMILES string of the molecule is COC(=O)C1(C)CCN(c2ccc3nnc(-c4ccccc4)n3n2)C1. The van der Waals surface area contributed by atoms with Gasteiger partial charge in [-0.2, -0.15) is 4.52 Å². The second-order valence-corrected chi connectivity index (χ2v) is 6.57. The molecule has 0 saturated carbocycles. The lowest BCUT2D eigenvalue weighted by Crippen LogP contribution is -2.33. The number of carbonyl (C=O) groups excluding carboxylic acids is 1. The molecule has 2 aromatic heterocycles. The van der Waals surface area contributed by atoms with Crippen molar-refractivity contribution in [3.05, 3.63) is 42.5 Å². The molecule has 0 N–H and O–H groups in total. The highest BCUT2D eigenvalue weighted by Gasteiger charge is 2.42. The minimum absolute atomic E-state index is 0.176. The number of ether oxygens (including phenoxy) is 1. The molecule has 1 saturated heterocycles. The molecule has 1 fully saturated rings. The largest absolute Gasteiger partial charge is 0.469 e. The van der Waals surface area contributed by atoms with Crippen molar-refractivity contribution in [3.63, 3.8) is 0 Å². The summed E-state index contributed by atoms with van der Waals surface area (Å²) in [5.41, 5.74) is 1.15. The topological polar surface area (TPSA) is 72.6 Å². The summed E-state index contributed by atoms with van der Waals surface area (Å²) < 4.78 is 6.69. The predicted molar refractivity (Wildman–Crippen MR) is 93.2 cm³/mol. The van der Waals surface area contributed by atoms with Crippen LogP contribution in [0, 0.1) is 5.41 Å². The zero-order chi connectivity index (χ0) is 17.4. The third kappa shape index (κ3) is 2.61. The van der Waals surface area contributed by atoms with Gasteiger partial charge < -0.3 is 9.64 Å². The molecule has 3 heterocycles. The lowest BCUT2D eigenvalue weighted by molar-refractivity contribution is -0.150. The van der Waals surface area contributed by atoms with E-state index < -0.39 is 5.41 Å². The number of carbonyl (C=O) groups is 1. The van der Waals surface area contributed by atoms with Crippen molar-refractivity contribution in [1.82, 2.24) is 19.8 Å². The van der Waals surface area contributed by atoms with Gasteiger partial charge >= 0.3 is 5.97 Å². The highest BCUT2D eigenvalue weighted by Crippen LogP contribution is 2.33. The standard InChI is InChI=1S/C18H19N5O2/c1-18(17(24)25-2)10-11-22(12-18)15-9-8-14-19-20-16(23(14)21-15)13-6-4-3-5-7-13/h3-9H,10-12H2,1-2H3. The van der Waals surface area contributed by atoms with Crippen molar-refractivity contribution in [2.24, 2.45) is 5.41 Å². The highest BCUT2D eigenvalue weighted by atomic mass is 16.5. The highest BCUT2D eigenvalue weighted by molar-refractivity contribution is 5.78. The van der Waals surface area contributed by atoms with Crippen LogP contribution in [0.15, 0.2) is 42.5 Å². The van der Waals surface area contributed by atoms with E-state index in [1.54, 1.807) is 4.52 Å². The maximum absolute atomic E-state index is 12.0. The lowest BCUT2D eigenvalue weighted by atomic mass is 9.90. The van der Waals surface area contributed by atoms with E-state index in [1.807, 2.05) is 49.4 Å². The summed E-state index contributed by atoms with van der Waals surface area (Å²) in [5.74, 6) is 1.33. The van der Waals surface area contributed by atoms with Crippen LogP contribution in [0.25, 0.3) is 17.0 Å². The Labute approximate surface area is 145 Å². The number of benzene rings is 1. The molecule has 25 heavy (non-hydrogen) atoms. The van der Waals surface area contributed by atoms with Gasteiger partial charge in [-0.05, 0) is 25.5 Å². The summed E-state index contributed by atoms with van der Waals surface area (Å²) in [7, 11) is 1.43. The van der Waals surface area contributed by atoms with E-state index >= 15 is 0 Å². The molecule has 7 nitrogen and oxygen atoms in total. The molecule has 0 radical (unpaired) electrons. The van der Waals surface area contributed by atoms with E-state index in [2.05, 4.69) is 15.1 Å². The third-order valence-electron chi connectivity index (χ3n) is 4.76. The fourth-order valence-electron chi connectivity index (χ4n) is 3.28. The fraction of sp³-hybridized carbons (Fsp3) is 0.333. The van der Waals surface area contributed by atoms with E-state index in [1.165, 1.54) is 7.11 Å². The first kappa shape index (κ1) is 15.6. The Kier molecular flexibility index (Phi) is 3.63. The molecule has 1 aliphatic heterocycles. The van der Waals surface area contributed by atoms with Gasteiger partial charge in [-0.15, -0.1) is 15.3 Å². The van der Waals surface area contributed by atoms with Crippen molar-refractivity contribution in [1.29, 1.82) is 0 Å². The molecule has 1 unspecified atom stereocenters. The van der Waals surface area contributed by atoms with Gasteiger partial charge in [0.1, 0.15) is 5.82 Å². The molecule has 0 amide bonds. The van der Waals surface area contributed by atoms with E-state index in [4.69, 9.17) is 9.84 Å². The normalized spacial score (nSPS) is 20.2. The summed E-state index contributed by atoms with van der Waals surface area (Å²) in [6.45, 7) is 3.28. The Morgan fingerprint density at radius 1 is 1.16 bits per heavy atom. The van der Waals surface area contributed by atoms with Crippen LogP contribution in [0.1, 0.15) is 13.3 Å². The van der Waals surface area contributed by atoms with E-state index in [0.717, 1.165) is 24.3 Å². The summed E-state index contributed by atoms with van der Waals surface area (Å²) in [6, 6.07) is 13.7. The number of anilines is 1. The zero-order valence-electron chi connectivity index (χ0n) is 14.2. The Balaban J connectivity index is 1.69. The zero-order valence-corrected chi connectivity index (χ0v) is 14.2. The Hall–Kier alpha value is -2.96. The molecule has 0 aliphatic carbocycles. The molecule has 0 bridgehead atoms. The van der Waals surface area contributed by atoms with E-state index in [0.29, 0.717) is 18.0 Å². The average Bonchev–Trinajstić information content (AvgIpc) is 3.26. The molecular weight excluding hydrogens is 318 g/mol. The maximum Gasteiger partial charge on any atom is 0.313 e. The van der Waals surface area contributed by atoms with Crippen LogP contribution in [0.5, 0.6) is 0 Å².